The van der Waals surface area contributed by atoms with Gasteiger partial charge in [0.25, 0.3) is 5.91 Å². The highest BCUT2D eigenvalue weighted by atomic mass is 16.5. The van der Waals surface area contributed by atoms with E-state index in [9.17, 15) is 9.59 Å². The average Bonchev–Trinajstić information content (AvgIpc) is 2.81. The van der Waals surface area contributed by atoms with Crippen molar-refractivity contribution >= 4 is 11.9 Å². The number of methoxy groups -OCH3 is 1. The first kappa shape index (κ1) is 21.9. The van der Waals surface area contributed by atoms with Gasteiger partial charge >= 0.3 is 5.97 Å². The fourth-order valence-corrected chi connectivity index (χ4v) is 3.83. The summed E-state index contributed by atoms with van der Waals surface area (Å²) in [5, 5.41) is 0. The van der Waals surface area contributed by atoms with E-state index in [-0.39, 0.29) is 12.5 Å². The number of likely N-dealkylation sites (tertiary alicyclic amines) is 1. The molecule has 0 radical (unpaired) electrons. The summed E-state index contributed by atoms with van der Waals surface area (Å²) in [4.78, 5) is 26.5. The lowest BCUT2D eigenvalue weighted by Crippen LogP contribution is -2.40. The molecule has 0 spiro atoms. The van der Waals surface area contributed by atoms with Crippen LogP contribution in [0.25, 0.3) is 0 Å². The number of hydrogen-bond acceptors (Lipinski definition) is 4. The summed E-state index contributed by atoms with van der Waals surface area (Å²) in [6.07, 6.45) is 5.10. The van der Waals surface area contributed by atoms with Crippen molar-refractivity contribution in [1.29, 1.82) is 0 Å². The summed E-state index contributed by atoms with van der Waals surface area (Å²) >= 11 is 0. The van der Waals surface area contributed by atoms with Crippen LogP contribution < -0.4 is 4.74 Å². The van der Waals surface area contributed by atoms with Crippen molar-refractivity contribution in [2.45, 2.75) is 44.9 Å². The number of unbranched alkanes of at least 4 members (excludes halogenated alkanes) is 1. The van der Waals surface area contributed by atoms with Gasteiger partial charge in [-0.3, -0.25) is 4.79 Å². The van der Waals surface area contributed by atoms with Crippen LogP contribution in [0.5, 0.6) is 5.75 Å². The van der Waals surface area contributed by atoms with E-state index in [1.54, 1.807) is 24.1 Å². The Labute approximate surface area is 179 Å². The van der Waals surface area contributed by atoms with Crippen LogP contribution in [0.2, 0.25) is 0 Å². The maximum atomic E-state index is 12.5. The lowest BCUT2D eigenvalue weighted by Gasteiger charge is -2.32. The first-order valence-electron chi connectivity index (χ1n) is 10.8. The lowest BCUT2D eigenvalue weighted by atomic mass is 9.89. The first-order valence-corrected chi connectivity index (χ1v) is 10.8. The number of aryl methyl sites for hydroxylation is 1. The van der Waals surface area contributed by atoms with Gasteiger partial charge in [0.1, 0.15) is 5.75 Å². The van der Waals surface area contributed by atoms with Crippen molar-refractivity contribution in [2.24, 2.45) is 0 Å². The van der Waals surface area contributed by atoms with Crippen molar-refractivity contribution < 1.29 is 19.1 Å². The minimum absolute atomic E-state index is 0.129. The molecule has 0 aromatic heterocycles. The normalized spacial score (nSPS) is 14.4. The number of carbonyl (C=O) groups is 2. The van der Waals surface area contributed by atoms with Crippen molar-refractivity contribution in [1.82, 2.24) is 4.90 Å². The molecule has 2 aromatic rings. The highest BCUT2D eigenvalue weighted by Gasteiger charge is 2.24. The molecular formula is C25H31NO4. The van der Waals surface area contributed by atoms with Gasteiger partial charge in [0.05, 0.1) is 12.7 Å². The zero-order valence-corrected chi connectivity index (χ0v) is 17.9. The van der Waals surface area contributed by atoms with Gasteiger partial charge < -0.3 is 14.4 Å². The van der Waals surface area contributed by atoms with Crippen LogP contribution in [0, 0.1) is 0 Å². The van der Waals surface area contributed by atoms with Gasteiger partial charge in [0, 0.05) is 13.1 Å². The zero-order chi connectivity index (χ0) is 21.3. The number of esters is 1. The molecule has 1 heterocycles. The summed E-state index contributed by atoms with van der Waals surface area (Å²) < 4.78 is 10.5. The number of hydrogen-bond donors (Lipinski definition) is 0. The topological polar surface area (TPSA) is 55.8 Å². The molecule has 0 saturated carbocycles. The summed E-state index contributed by atoms with van der Waals surface area (Å²) in [6, 6.07) is 15.6. The predicted molar refractivity (Wildman–Crippen MR) is 117 cm³/mol. The Balaban J connectivity index is 1.43. The van der Waals surface area contributed by atoms with Crippen LogP contribution >= 0.6 is 0 Å². The Bertz CT molecular complexity index is 821. The molecule has 0 atom stereocenters. The molecule has 2 aromatic carbocycles. The van der Waals surface area contributed by atoms with Crippen LogP contribution in [0.1, 0.15) is 60.0 Å². The van der Waals surface area contributed by atoms with Gasteiger partial charge in [-0.1, -0.05) is 37.6 Å². The van der Waals surface area contributed by atoms with E-state index in [2.05, 4.69) is 19.1 Å². The van der Waals surface area contributed by atoms with Gasteiger partial charge in [-0.05, 0) is 67.0 Å². The summed E-state index contributed by atoms with van der Waals surface area (Å²) in [5.74, 6) is 0.715. The number of amides is 1. The smallest absolute Gasteiger partial charge is 0.338 e. The lowest BCUT2D eigenvalue weighted by molar-refractivity contribution is -0.135. The minimum Gasteiger partial charge on any atom is -0.497 e. The molecule has 3 rings (SSSR count). The Kier molecular flexibility index (Phi) is 7.89. The van der Waals surface area contributed by atoms with E-state index in [4.69, 9.17) is 9.47 Å². The fourth-order valence-electron chi connectivity index (χ4n) is 3.83. The summed E-state index contributed by atoms with van der Waals surface area (Å²) in [6.45, 7) is 3.31. The highest BCUT2D eigenvalue weighted by Crippen LogP contribution is 2.29. The van der Waals surface area contributed by atoms with Crippen LogP contribution in [0.3, 0.4) is 0 Å². The number of nitrogens with zero attached hydrogens (tertiary/aromatic N) is 1. The van der Waals surface area contributed by atoms with E-state index in [0.29, 0.717) is 24.6 Å². The maximum absolute atomic E-state index is 12.5. The number of benzene rings is 2. The third-order valence-corrected chi connectivity index (χ3v) is 5.77. The average molecular weight is 410 g/mol. The molecule has 0 bridgehead atoms. The van der Waals surface area contributed by atoms with E-state index >= 15 is 0 Å². The molecule has 160 valence electrons. The number of carbonyl (C=O) groups excluding carboxylic acids is 2. The minimum atomic E-state index is -0.446. The third kappa shape index (κ3) is 5.85. The Morgan fingerprint density at radius 1 is 1.00 bits per heavy atom. The van der Waals surface area contributed by atoms with E-state index in [0.717, 1.165) is 37.9 Å². The zero-order valence-electron chi connectivity index (χ0n) is 17.9. The van der Waals surface area contributed by atoms with Crippen LogP contribution in [-0.2, 0) is 16.0 Å². The molecule has 5 heteroatoms. The highest BCUT2D eigenvalue weighted by molar-refractivity contribution is 5.91. The molecule has 1 amide bonds. The van der Waals surface area contributed by atoms with Gasteiger partial charge in [-0.15, -0.1) is 0 Å². The Morgan fingerprint density at radius 2 is 1.67 bits per heavy atom. The molecule has 0 N–H and O–H groups in total. The second kappa shape index (κ2) is 10.8. The van der Waals surface area contributed by atoms with Gasteiger partial charge in [-0.2, -0.15) is 0 Å². The molecule has 0 unspecified atom stereocenters. The first-order chi connectivity index (χ1) is 14.6. The Hall–Kier alpha value is -2.82. The summed E-state index contributed by atoms with van der Waals surface area (Å²) in [5.41, 5.74) is 2.97. The second-order valence-electron chi connectivity index (χ2n) is 7.80. The fraction of sp³-hybridized carbons (Fsp3) is 0.440. The summed E-state index contributed by atoms with van der Waals surface area (Å²) in [7, 11) is 1.66. The van der Waals surface area contributed by atoms with E-state index in [1.807, 2.05) is 24.3 Å². The molecule has 1 fully saturated rings. The third-order valence-electron chi connectivity index (χ3n) is 5.77. The van der Waals surface area contributed by atoms with Crippen LogP contribution in [0.4, 0.5) is 0 Å². The predicted octanol–water partition coefficient (Wildman–Crippen LogP) is 4.60. The molecule has 1 aliphatic heterocycles. The molecule has 0 aliphatic carbocycles. The van der Waals surface area contributed by atoms with Gasteiger partial charge in [0.2, 0.25) is 0 Å². The maximum Gasteiger partial charge on any atom is 0.338 e. The molecule has 1 aliphatic rings. The van der Waals surface area contributed by atoms with Gasteiger partial charge in [-0.25, -0.2) is 4.79 Å². The molecule has 1 saturated heterocycles. The van der Waals surface area contributed by atoms with Crippen molar-refractivity contribution in [3.05, 3.63) is 65.2 Å². The van der Waals surface area contributed by atoms with E-state index < -0.39 is 5.97 Å². The second-order valence-corrected chi connectivity index (χ2v) is 7.80. The molecular weight excluding hydrogens is 378 g/mol. The quantitative estimate of drug-likeness (QED) is 0.598. The van der Waals surface area contributed by atoms with Gasteiger partial charge in [0.15, 0.2) is 6.61 Å². The van der Waals surface area contributed by atoms with Crippen molar-refractivity contribution in [2.75, 3.05) is 26.8 Å². The number of rotatable bonds is 8. The monoisotopic (exact) mass is 409 g/mol. The number of piperidine rings is 1. The van der Waals surface area contributed by atoms with Crippen molar-refractivity contribution in [3.63, 3.8) is 0 Å². The van der Waals surface area contributed by atoms with Crippen LogP contribution in [0.15, 0.2) is 48.5 Å². The Morgan fingerprint density at radius 3 is 2.27 bits per heavy atom. The van der Waals surface area contributed by atoms with Crippen LogP contribution in [-0.4, -0.2) is 43.6 Å². The standard InChI is InChI=1S/C25H31NO4/c1-3-4-5-19-6-8-22(9-7-19)25(28)30-18-24(27)26-16-14-21(15-17-26)20-10-12-23(29-2)13-11-20/h6-13,21H,3-5,14-18H2,1-2H3. The SMILES string of the molecule is CCCCc1ccc(C(=O)OCC(=O)N2CCC(c3ccc(OC)cc3)CC2)cc1. The number of ether oxygens (including phenoxy) is 2. The molecule has 5 nitrogen and oxygen atoms in total. The van der Waals surface area contributed by atoms with Crippen molar-refractivity contribution in [3.8, 4) is 5.75 Å². The largest absolute Gasteiger partial charge is 0.497 e. The van der Waals surface area contributed by atoms with E-state index in [1.165, 1.54) is 11.1 Å². The molecule has 30 heavy (non-hydrogen) atoms.